The predicted octanol–water partition coefficient (Wildman–Crippen LogP) is 4.61. The second-order valence-corrected chi connectivity index (χ2v) is 11.6. The normalized spacial score (nSPS) is 17.4. The third kappa shape index (κ3) is 13.4. The molecular formula is C30H54O10. The summed E-state index contributed by atoms with van der Waals surface area (Å²) >= 11 is 0. The Labute approximate surface area is 241 Å². The molecule has 0 radical (unpaired) electrons. The standard InChI is InChI=1S/C30H54O10/c1-11-23(27(33)37-9)17-29(5,15-21(3)25(31)35-7)19-39-13-14-40-20-30(6,16-22(4)26(32)36-8)18-24(12-2)28(34)38-10/h21-24H,11-20H2,1-10H3. The summed E-state index contributed by atoms with van der Waals surface area (Å²) in [7, 11) is 5.48. The van der Waals surface area contributed by atoms with Gasteiger partial charge < -0.3 is 28.4 Å². The minimum absolute atomic E-state index is 0.277. The molecule has 6 unspecified atom stereocenters. The summed E-state index contributed by atoms with van der Waals surface area (Å²) in [6.07, 6.45) is 3.23. The maximum atomic E-state index is 12.3. The van der Waals surface area contributed by atoms with Crippen LogP contribution in [0.5, 0.6) is 0 Å². The molecule has 40 heavy (non-hydrogen) atoms. The number of rotatable bonds is 21. The first-order valence-corrected chi connectivity index (χ1v) is 14.2. The number of esters is 4. The minimum atomic E-state index is -0.470. The van der Waals surface area contributed by atoms with Crippen molar-refractivity contribution >= 4 is 23.9 Å². The van der Waals surface area contributed by atoms with Crippen molar-refractivity contribution in [2.45, 2.75) is 80.1 Å². The van der Waals surface area contributed by atoms with Gasteiger partial charge in [0, 0.05) is 0 Å². The molecule has 0 aromatic carbocycles. The molecular weight excluding hydrogens is 520 g/mol. The van der Waals surface area contributed by atoms with Crippen molar-refractivity contribution < 1.29 is 47.6 Å². The van der Waals surface area contributed by atoms with E-state index in [-0.39, 0.29) is 47.5 Å². The monoisotopic (exact) mass is 574 g/mol. The van der Waals surface area contributed by atoms with E-state index >= 15 is 0 Å². The summed E-state index contributed by atoms with van der Waals surface area (Å²) in [6, 6.07) is 0. The summed E-state index contributed by atoms with van der Waals surface area (Å²) < 4.78 is 31.8. The number of hydrogen-bond acceptors (Lipinski definition) is 10. The lowest BCUT2D eigenvalue weighted by atomic mass is 9.74. The molecule has 0 rings (SSSR count). The lowest BCUT2D eigenvalue weighted by Crippen LogP contribution is -2.35. The van der Waals surface area contributed by atoms with Gasteiger partial charge in [-0.2, -0.15) is 0 Å². The number of ether oxygens (including phenoxy) is 6. The lowest BCUT2D eigenvalue weighted by Gasteiger charge is -2.34. The number of methoxy groups -OCH3 is 4. The molecule has 0 aromatic rings. The Morgan fingerprint density at radius 3 is 1.10 bits per heavy atom. The Kier molecular flexibility index (Phi) is 18.0. The SMILES string of the molecule is CCC(CC(C)(COCCOCC(C)(CC(C)C(=O)OC)CC(CC)C(=O)OC)CC(C)C(=O)OC)C(=O)OC. The largest absolute Gasteiger partial charge is 0.469 e. The zero-order valence-corrected chi connectivity index (χ0v) is 26.5. The molecule has 10 heteroatoms. The summed E-state index contributed by atoms with van der Waals surface area (Å²) in [4.78, 5) is 48.8. The van der Waals surface area contributed by atoms with E-state index in [1.807, 2.05) is 27.7 Å². The molecule has 234 valence electrons. The molecule has 0 amide bonds. The van der Waals surface area contributed by atoms with Crippen LogP contribution in [0.1, 0.15) is 80.1 Å². The van der Waals surface area contributed by atoms with E-state index in [0.29, 0.717) is 65.0 Å². The molecule has 0 bridgehead atoms. The van der Waals surface area contributed by atoms with Crippen LogP contribution in [0.15, 0.2) is 0 Å². The second kappa shape index (κ2) is 19.0. The van der Waals surface area contributed by atoms with Crippen LogP contribution in [0.25, 0.3) is 0 Å². The summed E-state index contributed by atoms with van der Waals surface area (Å²) in [5, 5.41) is 0. The summed E-state index contributed by atoms with van der Waals surface area (Å²) in [5.41, 5.74) is -0.941. The first-order valence-electron chi connectivity index (χ1n) is 14.2. The van der Waals surface area contributed by atoms with Gasteiger partial charge in [0.2, 0.25) is 0 Å². The fourth-order valence-electron chi connectivity index (χ4n) is 5.52. The first kappa shape index (κ1) is 37.8. The number of carbonyl (C=O) groups is 4. The van der Waals surface area contributed by atoms with Crippen LogP contribution in [0.4, 0.5) is 0 Å². The molecule has 0 saturated carbocycles. The van der Waals surface area contributed by atoms with Crippen LogP contribution in [0.2, 0.25) is 0 Å². The van der Waals surface area contributed by atoms with Crippen molar-refractivity contribution in [2.24, 2.45) is 34.5 Å². The molecule has 0 aliphatic carbocycles. The van der Waals surface area contributed by atoms with Crippen LogP contribution in [-0.2, 0) is 47.6 Å². The minimum Gasteiger partial charge on any atom is -0.469 e. The van der Waals surface area contributed by atoms with Crippen LogP contribution in [0, 0.1) is 34.5 Å². The molecule has 0 spiro atoms. The molecule has 10 nitrogen and oxygen atoms in total. The van der Waals surface area contributed by atoms with Crippen molar-refractivity contribution in [3.63, 3.8) is 0 Å². The van der Waals surface area contributed by atoms with E-state index in [4.69, 9.17) is 28.4 Å². The maximum absolute atomic E-state index is 12.3. The molecule has 0 aliphatic heterocycles. The van der Waals surface area contributed by atoms with Gasteiger partial charge in [0.15, 0.2) is 0 Å². The van der Waals surface area contributed by atoms with E-state index in [2.05, 4.69) is 0 Å². The first-order chi connectivity index (χ1) is 18.7. The smallest absolute Gasteiger partial charge is 0.308 e. The summed E-state index contributed by atoms with van der Waals surface area (Å²) in [5.74, 6) is -2.50. The molecule has 6 atom stereocenters. The Bertz CT molecular complexity index is 720. The van der Waals surface area contributed by atoms with Crippen molar-refractivity contribution in [3.05, 3.63) is 0 Å². The highest BCUT2D eigenvalue weighted by molar-refractivity contribution is 5.73. The maximum Gasteiger partial charge on any atom is 0.308 e. The Balaban J connectivity index is 5.31. The fraction of sp³-hybridized carbons (Fsp3) is 0.867. The molecule has 0 aliphatic rings. The van der Waals surface area contributed by atoms with Crippen molar-refractivity contribution in [2.75, 3.05) is 54.9 Å². The van der Waals surface area contributed by atoms with E-state index in [9.17, 15) is 19.2 Å². The van der Waals surface area contributed by atoms with Gasteiger partial charge in [-0.1, -0.05) is 41.5 Å². The Morgan fingerprint density at radius 2 is 0.850 bits per heavy atom. The highest BCUT2D eigenvalue weighted by Gasteiger charge is 2.36. The predicted molar refractivity (Wildman–Crippen MR) is 150 cm³/mol. The van der Waals surface area contributed by atoms with Gasteiger partial charge >= 0.3 is 23.9 Å². The van der Waals surface area contributed by atoms with E-state index in [1.165, 1.54) is 28.4 Å². The van der Waals surface area contributed by atoms with Gasteiger partial charge in [-0.3, -0.25) is 19.2 Å². The molecule has 0 heterocycles. The van der Waals surface area contributed by atoms with Gasteiger partial charge in [-0.25, -0.2) is 0 Å². The topological polar surface area (TPSA) is 124 Å². The van der Waals surface area contributed by atoms with E-state index in [1.54, 1.807) is 13.8 Å². The average molecular weight is 575 g/mol. The lowest BCUT2D eigenvalue weighted by molar-refractivity contribution is -0.150. The van der Waals surface area contributed by atoms with E-state index in [0.717, 1.165) is 0 Å². The van der Waals surface area contributed by atoms with Gasteiger partial charge in [-0.15, -0.1) is 0 Å². The molecule has 0 saturated heterocycles. The molecule has 0 N–H and O–H groups in total. The van der Waals surface area contributed by atoms with Crippen molar-refractivity contribution in [3.8, 4) is 0 Å². The number of carbonyl (C=O) groups excluding carboxylic acids is 4. The van der Waals surface area contributed by atoms with Crippen molar-refractivity contribution in [1.82, 2.24) is 0 Å². The zero-order chi connectivity index (χ0) is 30.9. The highest BCUT2D eigenvalue weighted by Crippen LogP contribution is 2.37. The molecule has 0 fully saturated rings. The van der Waals surface area contributed by atoms with Gasteiger partial charge in [0.25, 0.3) is 0 Å². The van der Waals surface area contributed by atoms with Crippen LogP contribution >= 0.6 is 0 Å². The van der Waals surface area contributed by atoms with Gasteiger partial charge in [0.05, 0.1) is 78.5 Å². The van der Waals surface area contributed by atoms with E-state index < -0.39 is 10.8 Å². The highest BCUT2D eigenvalue weighted by atomic mass is 16.5. The Hall–Kier alpha value is -2.20. The van der Waals surface area contributed by atoms with Crippen molar-refractivity contribution in [1.29, 1.82) is 0 Å². The van der Waals surface area contributed by atoms with Crippen LogP contribution in [-0.4, -0.2) is 78.7 Å². The van der Waals surface area contributed by atoms with Gasteiger partial charge in [-0.05, 0) is 49.4 Å². The quantitative estimate of drug-likeness (QED) is 0.109. The fourth-order valence-corrected chi connectivity index (χ4v) is 5.52. The third-order valence-corrected chi connectivity index (χ3v) is 7.61. The Morgan fingerprint density at radius 1 is 0.550 bits per heavy atom. The summed E-state index contributed by atoms with van der Waals surface area (Å²) in [6.45, 7) is 12.7. The van der Waals surface area contributed by atoms with Crippen LogP contribution in [0.3, 0.4) is 0 Å². The second-order valence-electron chi connectivity index (χ2n) is 11.6. The zero-order valence-electron chi connectivity index (χ0n) is 26.5. The molecule has 0 aromatic heterocycles. The average Bonchev–Trinajstić information content (AvgIpc) is 2.94. The number of hydrogen-bond donors (Lipinski definition) is 0. The third-order valence-electron chi connectivity index (χ3n) is 7.61. The van der Waals surface area contributed by atoms with Crippen LogP contribution < -0.4 is 0 Å². The van der Waals surface area contributed by atoms with Gasteiger partial charge in [0.1, 0.15) is 0 Å².